The number of pyridine rings is 1. The van der Waals surface area contributed by atoms with Gasteiger partial charge in [0.25, 0.3) is 0 Å². The molecular weight excluding hydrogens is 324 g/mol. The molecule has 0 bridgehead atoms. The minimum absolute atomic E-state index is 0.152. The van der Waals surface area contributed by atoms with Crippen molar-refractivity contribution in [2.75, 3.05) is 12.8 Å². The van der Waals surface area contributed by atoms with Gasteiger partial charge in [-0.05, 0) is 30.7 Å². The number of hydrogen-bond donors (Lipinski definition) is 1. The van der Waals surface area contributed by atoms with Gasteiger partial charge in [0.05, 0.1) is 12.7 Å². The van der Waals surface area contributed by atoms with E-state index in [1.165, 1.54) is 19.4 Å². The van der Waals surface area contributed by atoms with Crippen LogP contribution in [0.4, 0.5) is 5.69 Å². The van der Waals surface area contributed by atoms with E-state index in [9.17, 15) is 4.79 Å². The normalized spacial score (nSPS) is 10.2. The highest BCUT2D eigenvalue weighted by atomic mass is 79.9. The molecule has 20 heavy (non-hydrogen) atoms. The first kappa shape index (κ1) is 14.3. The summed E-state index contributed by atoms with van der Waals surface area (Å²) in [7, 11) is 1.29. The molecule has 1 heterocycles. The maximum Gasteiger partial charge on any atom is 0.340 e. The predicted octanol–water partition coefficient (Wildman–Crippen LogP) is 3.31. The van der Waals surface area contributed by atoms with Gasteiger partial charge in [0.15, 0.2) is 0 Å². The number of nitrogens with two attached hydrogens (primary N) is 1. The molecule has 0 atom stereocenters. The van der Waals surface area contributed by atoms with Crippen molar-refractivity contribution in [1.29, 1.82) is 0 Å². The van der Waals surface area contributed by atoms with E-state index in [0.29, 0.717) is 5.75 Å². The average Bonchev–Trinajstić information content (AvgIpc) is 2.44. The van der Waals surface area contributed by atoms with Gasteiger partial charge in [0, 0.05) is 10.7 Å². The lowest BCUT2D eigenvalue weighted by Gasteiger charge is -2.11. The Morgan fingerprint density at radius 3 is 2.80 bits per heavy atom. The van der Waals surface area contributed by atoms with Gasteiger partial charge in [0.2, 0.25) is 5.88 Å². The molecule has 0 amide bonds. The highest BCUT2D eigenvalue weighted by Gasteiger charge is 2.16. The summed E-state index contributed by atoms with van der Waals surface area (Å²) >= 11 is 3.37. The Morgan fingerprint density at radius 1 is 1.35 bits per heavy atom. The highest BCUT2D eigenvalue weighted by molar-refractivity contribution is 9.10. The van der Waals surface area contributed by atoms with Gasteiger partial charge in [-0.25, -0.2) is 9.78 Å². The minimum Gasteiger partial charge on any atom is -0.465 e. The first-order valence-electron chi connectivity index (χ1n) is 5.79. The van der Waals surface area contributed by atoms with Crippen LogP contribution in [0.5, 0.6) is 11.6 Å². The van der Waals surface area contributed by atoms with E-state index in [-0.39, 0.29) is 17.1 Å². The van der Waals surface area contributed by atoms with Crippen LogP contribution in [-0.2, 0) is 4.74 Å². The van der Waals surface area contributed by atoms with Gasteiger partial charge in [-0.2, -0.15) is 0 Å². The average molecular weight is 337 g/mol. The van der Waals surface area contributed by atoms with Gasteiger partial charge in [-0.15, -0.1) is 0 Å². The van der Waals surface area contributed by atoms with Crippen molar-refractivity contribution in [2.24, 2.45) is 0 Å². The second kappa shape index (κ2) is 5.92. The van der Waals surface area contributed by atoms with Gasteiger partial charge < -0.3 is 15.2 Å². The van der Waals surface area contributed by atoms with Crippen molar-refractivity contribution in [2.45, 2.75) is 6.92 Å². The van der Waals surface area contributed by atoms with Crippen molar-refractivity contribution in [3.8, 4) is 11.6 Å². The molecule has 0 saturated heterocycles. The van der Waals surface area contributed by atoms with Crippen LogP contribution in [0.25, 0.3) is 0 Å². The molecule has 0 aliphatic carbocycles. The maximum absolute atomic E-state index is 11.6. The fraction of sp³-hybridized carbons (Fsp3) is 0.143. The lowest BCUT2D eigenvalue weighted by molar-refractivity contribution is 0.0601. The first-order valence-corrected chi connectivity index (χ1v) is 6.59. The second-order valence-corrected chi connectivity index (χ2v) is 5.00. The van der Waals surface area contributed by atoms with Crippen LogP contribution in [0.3, 0.4) is 0 Å². The Hall–Kier alpha value is -2.08. The molecular formula is C14H13BrN2O3. The van der Waals surface area contributed by atoms with Crippen molar-refractivity contribution < 1.29 is 14.3 Å². The molecule has 6 heteroatoms. The Kier molecular flexibility index (Phi) is 4.24. The number of benzene rings is 1. The van der Waals surface area contributed by atoms with Crippen molar-refractivity contribution >= 4 is 27.6 Å². The fourth-order valence-corrected chi connectivity index (χ4v) is 1.95. The number of esters is 1. The fourth-order valence-electron chi connectivity index (χ4n) is 1.61. The topological polar surface area (TPSA) is 74.4 Å². The number of aryl methyl sites for hydroxylation is 1. The van der Waals surface area contributed by atoms with Crippen LogP contribution in [0.15, 0.2) is 34.9 Å². The first-order chi connectivity index (χ1) is 9.52. The number of hydrogen-bond acceptors (Lipinski definition) is 5. The van der Waals surface area contributed by atoms with Gasteiger partial charge in [-0.3, -0.25) is 0 Å². The SMILES string of the molecule is COC(=O)c1ccnc(Oc2cc(Br)ccc2C)c1N. The summed E-state index contributed by atoms with van der Waals surface area (Å²) in [6.45, 7) is 1.90. The van der Waals surface area contributed by atoms with Gasteiger partial charge >= 0.3 is 5.97 Å². The molecule has 0 fully saturated rings. The number of carbonyl (C=O) groups is 1. The van der Waals surface area contributed by atoms with Crippen LogP contribution in [0.1, 0.15) is 15.9 Å². The Balaban J connectivity index is 2.39. The molecule has 1 aromatic carbocycles. The third-order valence-corrected chi connectivity index (χ3v) is 3.21. The number of nitrogens with zero attached hydrogens (tertiary/aromatic N) is 1. The number of aromatic nitrogens is 1. The van der Waals surface area contributed by atoms with Crippen LogP contribution < -0.4 is 10.5 Å². The largest absolute Gasteiger partial charge is 0.465 e. The zero-order chi connectivity index (χ0) is 14.7. The van der Waals surface area contributed by atoms with E-state index in [1.807, 2.05) is 19.1 Å². The number of nitrogen functional groups attached to an aromatic ring is 1. The summed E-state index contributed by atoms with van der Waals surface area (Å²) in [5, 5.41) is 0. The zero-order valence-electron chi connectivity index (χ0n) is 11.0. The molecule has 1 aromatic heterocycles. The maximum atomic E-state index is 11.6. The van der Waals surface area contributed by atoms with Crippen LogP contribution >= 0.6 is 15.9 Å². The van der Waals surface area contributed by atoms with Gasteiger partial charge in [0.1, 0.15) is 11.4 Å². The number of halogens is 1. The zero-order valence-corrected chi connectivity index (χ0v) is 12.6. The third kappa shape index (κ3) is 2.91. The van der Waals surface area contributed by atoms with E-state index in [0.717, 1.165) is 10.0 Å². The van der Waals surface area contributed by atoms with E-state index in [2.05, 4.69) is 25.7 Å². The molecule has 0 radical (unpaired) electrons. The van der Waals surface area contributed by atoms with Crippen molar-refractivity contribution in [3.63, 3.8) is 0 Å². The van der Waals surface area contributed by atoms with Crippen molar-refractivity contribution in [1.82, 2.24) is 4.98 Å². The highest BCUT2D eigenvalue weighted by Crippen LogP contribution is 2.31. The lowest BCUT2D eigenvalue weighted by atomic mass is 10.2. The molecule has 0 aliphatic heterocycles. The van der Waals surface area contributed by atoms with Crippen LogP contribution in [-0.4, -0.2) is 18.1 Å². The molecule has 2 aromatic rings. The Labute approximate surface area is 124 Å². The predicted molar refractivity (Wildman–Crippen MR) is 78.9 cm³/mol. The smallest absolute Gasteiger partial charge is 0.340 e. The molecule has 2 rings (SSSR count). The van der Waals surface area contributed by atoms with Gasteiger partial charge in [-0.1, -0.05) is 22.0 Å². The monoisotopic (exact) mass is 336 g/mol. The summed E-state index contributed by atoms with van der Waals surface area (Å²) in [4.78, 5) is 15.6. The summed E-state index contributed by atoms with van der Waals surface area (Å²) in [6, 6.07) is 7.10. The number of ether oxygens (including phenoxy) is 2. The molecule has 2 N–H and O–H groups in total. The van der Waals surface area contributed by atoms with Crippen molar-refractivity contribution in [3.05, 3.63) is 46.1 Å². The number of carbonyl (C=O) groups excluding carboxylic acids is 1. The molecule has 5 nitrogen and oxygen atoms in total. The summed E-state index contributed by atoms with van der Waals surface area (Å²) in [5.41, 5.74) is 7.20. The number of anilines is 1. The van der Waals surface area contributed by atoms with E-state index < -0.39 is 5.97 Å². The molecule has 0 unspecified atom stereocenters. The van der Waals surface area contributed by atoms with Crippen LogP contribution in [0, 0.1) is 6.92 Å². The quantitative estimate of drug-likeness (QED) is 0.870. The minimum atomic E-state index is -0.527. The van der Waals surface area contributed by atoms with E-state index in [4.69, 9.17) is 10.5 Å². The Bertz CT molecular complexity index is 659. The number of rotatable bonds is 3. The summed E-state index contributed by atoms with van der Waals surface area (Å²) in [6.07, 6.45) is 1.45. The molecule has 0 aliphatic rings. The molecule has 104 valence electrons. The Morgan fingerprint density at radius 2 is 2.10 bits per heavy atom. The molecule has 0 saturated carbocycles. The summed E-state index contributed by atoms with van der Waals surface area (Å²) < 4.78 is 11.2. The lowest BCUT2D eigenvalue weighted by Crippen LogP contribution is -2.07. The second-order valence-electron chi connectivity index (χ2n) is 4.08. The standard InChI is InChI=1S/C14H13BrN2O3/c1-8-3-4-9(15)7-11(8)20-13-12(16)10(5-6-17-13)14(18)19-2/h3-7H,16H2,1-2H3. The molecule has 0 spiro atoms. The number of methoxy groups -OCH3 is 1. The third-order valence-electron chi connectivity index (χ3n) is 2.72. The van der Waals surface area contributed by atoms with E-state index >= 15 is 0 Å². The summed E-state index contributed by atoms with van der Waals surface area (Å²) in [5.74, 6) is 0.260. The van der Waals surface area contributed by atoms with Crippen LogP contribution in [0.2, 0.25) is 0 Å². The van der Waals surface area contributed by atoms with E-state index in [1.54, 1.807) is 6.07 Å².